The first kappa shape index (κ1) is 9.66. The Balaban J connectivity index is 1.90. The van der Waals surface area contributed by atoms with Gasteiger partial charge in [0, 0.05) is 6.54 Å². The third kappa shape index (κ3) is 1.67. The van der Waals surface area contributed by atoms with Gasteiger partial charge in [-0.15, -0.1) is 0 Å². The zero-order valence-electron chi connectivity index (χ0n) is 8.72. The van der Waals surface area contributed by atoms with Gasteiger partial charge in [-0.25, -0.2) is 9.67 Å². The fourth-order valence-electron chi connectivity index (χ4n) is 2.32. The Morgan fingerprint density at radius 1 is 1.33 bits per heavy atom. The molecule has 0 aromatic carbocycles. The molecule has 0 bridgehead atoms. The van der Waals surface area contributed by atoms with Crippen molar-refractivity contribution < 1.29 is 0 Å². The minimum atomic E-state index is 0.103. The van der Waals surface area contributed by atoms with Crippen LogP contribution in [-0.2, 0) is 6.54 Å². The van der Waals surface area contributed by atoms with Crippen LogP contribution >= 0.6 is 11.8 Å². The number of nitrogens with two attached hydrogens (primary N) is 1. The van der Waals surface area contributed by atoms with Crippen LogP contribution in [0.1, 0.15) is 48.6 Å². The predicted molar refractivity (Wildman–Crippen MR) is 60.6 cm³/mol. The molecule has 4 nitrogen and oxygen atoms in total. The number of aryl methyl sites for hydroxylation is 1. The van der Waals surface area contributed by atoms with Crippen LogP contribution in [0.2, 0.25) is 0 Å². The maximum Gasteiger partial charge on any atom is 0.163 e. The number of thioether (sulfide) groups is 1. The van der Waals surface area contributed by atoms with Crippen molar-refractivity contribution in [2.24, 2.45) is 5.73 Å². The van der Waals surface area contributed by atoms with E-state index >= 15 is 0 Å². The van der Waals surface area contributed by atoms with Gasteiger partial charge in [0.1, 0.15) is 5.82 Å². The van der Waals surface area contributed by atoms with Crippen LogP contribution in [0.5, 0.6) is 0 Å². The van der Waals surface area contributed by atoms with E-state index in [4.69, 9.17) is 5.73 Å². The third-order valence-electron chi connectivity index (χ3n) is 3.15. The summed E-state index contributed by atoms with van der Waals surface area (Å²) in [5.41, 5.74) is 6.03. The van der Waals surface area contributed by atoms with Crippen LogP contribution < -0.4 is 5.73 Å². The average molecular weight is 224 g/mol. The normalized spacial score (nSPS) is 30.5. The molecule has 2 N–H and O–H groups in total. The first-order valence-electron chi connectivity index (χ1n) is 5.66. The molecule has 0 saturated carbocycles. The van der Waals surface area contributed by atoms with Crippen LogP contribution in [0.4, 0.5) is 0 Å². The molecule has 82 valence electrons. The van der Waals surface area contributed by atoms with Crippen LogP contribution in [0, 0.1) is 0 Å². The Bertz CT molecular complexity index is 356. The predicted octanol–water partition coefficient (Wildman–Crippen LogP) is 1.64. The van der Waals surface area contributed by atoms with Crippen molar-refractivity contribution in [2.45, 2.75) is 43.5 Å². The van der Waals surface area contributed by atoms with Gasteiger partial charge >= 0.3 is 0 Å². The summed E-state index contributed by atoms with van der Waals surface area (Å²) in [5, 5.41) is 5.11. The Labute approximate surface area is 93.6 Å². The zero-order chi connectivity index (χ0) is 10.3. The molecule has 5 heteroatoms. The monoisotopic (exact) mass is 224 g/mol. The Kier molecular flexibility index (Phi) is 2.44. The SMILES string of the molecule is NC1CCCn2nc(C3CCCS3)nc21. The third-order valence-corrected chi connectivity index (χ3v) is 4.52. The van der Waals surface area contributed by atoms with Gasteiger partial charge in [0.2, 0.25) is 0 Å². The molecule has 1 aromatic heterocycles. The number of fused-ring (bicyclic) bond motifs is 1. The first-order chi connectivity index (χ1) is 7.34. The summed E-state index contributed by atoms with van der Waals surface area (Å²) in [4.78, 5) is 4.62. The van der Waals surface area contributed by atoms with Crippen molar-refractivity contribution in [3.8, 4) is 0 Å². The second kappa shape index (κ2) is 3.79. The minimum absolute atomic E-state index is 0.103. The maximum atomic E-state index is 6.03. The van der Waals surface area contributed by atoms with E-state index in [1.165, 1.54) is 18.6 Å². The average Bonchev–Trinajstić information content (AvgIpc) is 2.86. The summed E-state index contributed by atoms with van der Waals surface area (Å²) in [6.45, 7) is 0.993. The minimum Gasteiger partial charge on any atom is -0.321 e. The van der Waals surface area contributed by atoms with Crippen molar-refractivity contribution in [1.82, 2.24) is 14.8 Å². The highest BCUT2D eigenvalue weighted by Gasteiger charge is 2.26. The molecule has 1 saturated heterocycles. The molecule has 2 unspecified atom stereocenters. The molecule has 1 aromatic rings. The van der Waals surface area contributed by atoms with Gasteiger partial charge < -0.3 is 5.73 Å². The summed E-state index contributed by atoms with van der Waals surface area (Å²) in [5.74, 6) is 3.27. The number of hydrogen-bond donors (Lipinski definition) is 1. The van der Waals surface area contributed by atoms with Crippen LogP contribution in [0.15, 0.2) is 0 Å². The lowest BCUT2D eigenvalue weighted by atomic mass is 10.1. The quantitative estimate of drug-likeness (QED) is 0.788. The highest BCUT2D eigenvalue weighted by molar-refractivity contribution is 7.99. The van der Waals surface area contributed by atoms with Crippen molar-refractivity contribution in [2.75, 3.05) is 5.75 Å². The molecule has 0 radical (unpaired) electrons. The van der Waals surface area contributed by atoms with E-state index < -0.39 is 0 Å². The molecule has 0 amide bonds. The van der Waals surface area contributed by atoms with E-state index in [0.29, 0.717) is 5.25 Å². The number of nitrogens with zero attached hydrogens (tertiary/aromatic N) is 3. The second-order valence-corrected chi connectivity index (χ2v) is 5.61. The van der Waals surface area contributed by atoms with Crippen molar-refractivity contribution in [3.05, 3.63) is 11.6 Å². The van der Waals surface area contributed by atoms with Gasteiger partial charge in [-0.05, 0) is 31.4 Å². The van der Waals surface area contributed by atoms with E-state index in [1.54, 1.807) is 0 Å². The second-order valence-electron chi connectivity index (χ2n) is 4.30. The molecule has 2 aliphatic heterocycles. The summed E-state index contributed by atoms with van der Waals surface area (Å²) in [6.07, 6.45) is 4.71. The van der Waals surface area contributed by atoms with Gasteiger partial charge in [-0.2, -0.15) is 16.9 Å². The number of rotatable bonds is 1. The zero-order valence-corrected chi connectivity index (χ0v) is 9.54. The lowest BCUT2D eigenvalue weighted by Crippen LogP contribution is -2.22. The van der Waals surface area contributed by atoms with Gasteiger partial charge in [0.05, 0.1) is 11.3 Å². The van der Waals surface area contributed by atoms with Gasteiger partial charge in [-0.1, -0.05) is 0 Å². The van der Waals surface area contributed by atoms with Crippen LogP contribution in [0.3, 0.4) is 0 Å². The maximum absolute atomic E-state index is 6.03. The molecule has 2 atom stereocenters. The van der Waals surface area contributed by atoms with Gasteiger partial charge in [-0.3, -0.25) is 0 Å². The van der Waals surface area contributed by atoms with Crippen LogP contribution in [0.25, 0.3) is 0 Å². The van der Waals surface area contributed by atoms with E-state index in [1.807, 2.05) is 16.4 Å². The van der Waals surface area contributed by atoms with Crippen LogP contribution in [-0.4, -0.2) is 20.5 Å². The standard InChI is InChI=1S/C10H16N4S/c11-7-3-1-5-14-10(7)12-9(13-14)8-4-2-6-15-8/h7-8H,1-6,11H2. The summed E-state index contributed by atoms with van der Waals surface area (Å²) >= 11 is 1.98. The molecule has 0 aliphatic carbocycles. The molecule has 3 rings (SSSR count). The molecule has 0 spiro atoms. The lowest BCUT2D eigenvalue weighted by Gasteiger charge is -2.17. The van der Waals surface area contributed by atoms with Crippen molar-refractivity contribution >= 4 is 11.8 Å². The van der Waals surface area contributed by atoms with Crippen molar-refractivity contribution in [3.63, 3.8) is 0 Å². The Hall–Kier alpha value is -0.550. The number of hydrogen-bond acceptors (Lipinski definition) is 4. The molecular formula is C10H16N4S. The van der Waals surface area contributed by atoms with Crippen molar-refractivity contribution in [1.29, 1.82) is 0 Å². The summed E-state index contributed by atoms with van der Waals surface area (Å²) < 4.78 is 2.02. The molecule has 15 heavy (non-hydrogen) atoms. The smallest absolute Gasteiger partial charge is 0.163 e. The fourth-order valence-corrected chi connectivity index (χ4v) is 3.52. The topological polar surface area (TPSA) is 56.7 Å². The molecular weight excluding hydrogens is 208 g/mol. The highest BCUT2D eigenvalue weighted by Crippen LogP contribution is 2.38. The summed E-state index contributed by atoms with van der Waals surface area (Å²) in [7, 11) is 0. The van der Waals surface area contributed by atoms with Gasteiger partial charge in [0.15, 0.2) is 5.82 Å². The van der Waals surface area contributed by atoms with Gasteiger partial charge in [0.25, 0.3) is 0 Å². The van der Waals surface area contributed by atoms with E-state index in [0.717, 1.165) is 31.0 Å². The largest absolute Gasteiger partial charge is 0.321 e. The van der Waals surface area contributed by atoms with E-state index in [-0.39, 0.29) is 6.04 Å². The van der Waals surface area contributed by atoms with E-state index in [9.17, 15) is 0 Å². The Morgan fingerprint density at radius 3 is 3.00 bits per heavy atom. The first-order valence-corrected chi connectivity index (χ1v) is 6.71. The van der Waals surface area contributed by atoms with E-state index in [2.05, 4.69) is 10.1 Å². The lowest BCUT2D eigenvalue weighted by molar-refractivity contribution is 0.421. The molecule has 2 aliphatic rings. The fraction of sp³-hybridized carbons (Fsp3) is 0.800. The summed E-state index contributed by atoms with van der Waals surface area (Å²) in [6, 6.07) is 0.103. The molecule has 1 fully saturated rings. The Morgan fingerprint density at radius 2 is 2.27 bits per heavy atom. The highest BCUT2D eigenvalue weighted by atomic mass is 32.2. The number of aromatic nitrogens is 3. The molecule has 3 heterocycles.